The van der Waals surface area contributed by atoms with Crippen molar-refractivity contribution in [1.82, 2.24) is 10.2 Å². The molecule has 7 nitrogen and oxygen atoms in total. The van der Waals surface area contributed by atoms with E-state index in [2.05, 4.69) is 10.2 Å². The molecule has 0 spiro atoms. The van der Waals surface area contributed by atoms with Crippen molar-refractivity contribution in [1.29, 1.82) is 0 Å². The molecule has 1 fully saturated rings. The van der Waals surface area contributed by atoms with Crippen LogP contribution < -0.4 is 14.8 Å². The molecule has 0 radical (unpaired) electrons. The average Bonchev–Trinajstić information content (AvgIpc) is 2.82. The minimum Gasteiger partial charge on any atom is -0.493 e. The lowest BCUT2D eigenvalue weighted by atomic mass is 9.86. The van der Waals surface area contributed by atoms with Gasteiger partial charge in [0.05, 0.1) is 33.1 Å². The van der Waals surface area contributed by atoms with Crippen molar-refractivity contribution < 1.29 is 23.8 Å². The minimum absolute atomic E-state index is 0.413. The van der Waals surface area contributed by atoms with Gasteiger partial charge in [0.2, 0.25) is 11.6 Å². The zero-order valence-electron chi connectivity index (χ0n) is 17.8. The number of carbonyl (C=O) groups excluding carboxylic acids is 2. The van der Waals surface area contributed by atoms with E-state index in [9.17, 15) is 9.59 Å². The quantitative estimate of drug-likeness (QED) is 0.686. The Labute approximate surface area is 181 Å². The highest BCUT2D eigenvalue weighted by molar-refractivity contribution is 6.52. The predicted octanol–water partition coefficient (Wildman–Crippen LogP) is 2.30. The molecule has 2 aromatic carbocycles. The van der Waals surface area contributed by atoms with Crippen LogP contribution in [0.5, 0.6) is 11.5 Å². The SMILES string of the molecule is COc1ccc(CNC2=C(CN3CCOCC3)C(=O)C(=O)c3ccccc32)cc1OC. The van der Waals surface area contributed by atoms with Gasteiger partial charge in [-0.05, 0) is 17.7 Å². The Kier molecular flexibility index (Phi) is 6.34. The number of Topliss-reactive ketones (excluding diaryl/α,β-unsaturated/α-hetero) is 2. The summed E-state index contributed by atoms with van der Waals surface area (Å²) in [5.41, 5.74) is 3.38. The number of methoxy groups -OCH3 is 2. The summed E-state index contributed by atoms with van der Waals surface area (Å²) in [7, 11) is 3.19. The first-order valence-corrected chi connectivity index (χ1v) is 10.3. The van der Waals surface area contributed by atoms with Crippen molar-refractivity contribution in [3.8, 4) is 11.5 Å². The largest absolute Gasteiger partial charge is 0.493 e. The van der Waals surface area contributed by atoms with Gasteiger partial charge in [-0.15, -0.1) is 0 Å². The summed E-state index contributed by atoms with van der Waals surface area (Å²) in [6, 6.07) is 12.9. The molecule has 0 aromatic heterocycles. The first-order chi connectivity index (χ1) is 15.1. The van der Waals surface area contributed by atoms with Crippen LogP contribution in [0.3, 0.4) is 0 Å². The predicted molar refractivity (Wildman–Crippen MR) is 116 cm³/mol. The summed E-state index contributed by atoms with van der Waals surface area (Å²) in [6.07, 6.45) is 0. The Hall–Kier alpha value is -3.16. The molecule has 1 N–H and O–H groups in total. The van der Waals surface area contributed by atoms with Crippen molar-refractivity contribution in [2.24, 2.45) is 0 Å². The van der Waals surface area contributed by atoms with Gasteiger partial charge in [-0.25, -0.2) is 0 Å². The van der Waals surface area contributed by atoms with E-state index in [1.165, 1.54) is 0 Å². The fourth-order valence-corrected chi connectivity index (χ4v) is 3.95. The van der Waals surface area contributed by atoms with Gasteiger partial charge in [0.15, 0.2) is 11.5 Å². The number of ether oxygens (including phenoxy) is 3. The van der Waals surface area contributed by atoms with E-state index in [-0.39, 0.29) is 0 Å². The number of ketones is 2. The molecule has 1 aliphatic carbocycles. The van der Waals surface area contributed by atoms with E-state index in [1.807, 2.05) is 30.3 Å². The van der Waals surface area contributed by atoms with Crippen molar-refractivity contribution in [2.75, 3.05) is 47.1 Å². The lowest BCUT2D eigenvalue weighted by Gasteiger charge is -2.30. The van der Waals surface area contributed by atoms with Gasteiger partial charge in [-0.1, -0.05) is 30.3 Å². The summed E-state index contributed by atoms with van der Waals surface area (Å²) in [4.78, 5) is 27.9. The van der Waals surface area contributed by atoms with Gasteiger partial charge in [-0.3, -0.25) is 14.5 Å². The number of nitrogens with zero attached hydrogens (tertiary/aromatic N) is 1. The van der Waals surface area contributed by atoms with Crippen LogP contribution in [0.25, 0.3) is 5.70 Å². The molecule has 0 amide bonds. The van der Waals surface area contributed by atoms with E-state index < -0.39 is 11.6 Å². The third kappa shape index (κ3) is 4.33. The van der Waals surface area contributed by atoms with Crippen molar-refractivity contribution in [2.45, 2.75) is 6.54 Å². The zero-order valence-corrected chi connectivity index (χ0v) is 17.8. The third-order valence-electron chi connectivity index (χ3n) is 5.63. The standard InChI is InChI=1S/C24H26N2O5/c1-29-20-8-7-16(13-21(20)30-2)14-25-22-17-5-3-4-6-18(17)23(27)24(28)19(22)15-26-9-11-31-12-10-26/h3-8,13,25H,9-12,14-15H2,1-2H3. The summed E-state index contributed by atoms with van der Waals surface area (Å²) in [5, 5.41) is 3.43. The summed E-state index contributed by atoms with van der Waals surface area (Å²) in [6.45, 7) is 3.60. The number of morpholine rings is 1. The summed E-state index contributed by atoms with van der Waals surface area (Å²) in [5.74, 6) is 0.400. The summed E-state index contributed by atoms with van der Waals surface area (Å²) < 4.78 is 16.1. The Balaban J connectivity index is 1.67. The van der Waals surface area contributed by atoms with Crippen LogP contribution in [0, 0.1) is 0 Å². The number of fused-ring (bicyclic) bond motifs is 1. The normalized spacial score (nSPS) is 16.8. The molecule has 31 heavy (non-hydrogen) atoms. The molecule has 2 aliphatic rings. The maximum atomic E-state index is 13.0. The molecular weight excluding hydrogens is 396 g/mol. The third-order valence-corrected chi connectivity index (χ3v) is 5.63. The first kappa shape index (κ1) is 21.1. The first-order valence-electron chi connectivity index (χ1n) is 10.3. The molecule has 0 atom stereocenters. The highest BCUT2D eigenvalue weighted by atomic mass is 16.5. The lowest BCUT2D eigenvalue weighted by Crippen LogP contribution is -2.41. The fraction of sp³-hybridized carbons (Fsp3) is 0.333. The molecule has 4 rings (SSSR count). The van der Waals surface area contributed by atoms with E-state index in [1.54, 1.807) is 26.4 Å². The smallest absolute Gasteiger partial charge is 0.233 e. The molecule has 1 heterocycles. The highest BCUT2D eigenvalue weighted by Crippen LogP contribution is 2.30. The van der Waals surface area contributed by atoms with Crippen LogP contribution in [0.2, 0.25) is 0 Å². The maximum absolute atomic E-state index is 13.0. The monoisotopic (exact) mass is 422 g/mol. The molecule has 1 aliphatic heterocycles. The fourth-order valence-electron chi connectivity index (χ4n) is 3.95. The molecule has 7 heteroatoms. The topological polar surface area (TPSA) is 77.1 Å². The van der Waals surface area contributed by atoms with E-state index in [0.717, 1.165) is 24.2 Å². The summed E-state index contributed by atoms with van der Waals surface area (Å²) >= 11 is 0. The maximum Gasteiger partial charge on any atom is 0.233 e. The molecule has 162 valence electrons. The van der Waals surface area contributed by atoms with E-state index >= 15 is 0 Å². The number of hydrogen-bond acceptors (Lipinski definition) is 7. The molecule has 1 saturated heterocycles. The minimum atomic E-state index is -0.449. The number of rotatable bonds is 7. The zero-order chi connectivity index (χ0) is 21.8. The second-order valence-corrected chi connectivity index (χ2v) is 7.49. The van der Waals surface area contributed by atoms with E-state index in [0.29, 0.717) is 54.6 Å². The van der Waals surface area contributed by atoms with Crippen LogP contribution in [0.15, 0.2) is 48.0 Å². The van der Waals surface area contributed by atoms with Gasteiger partial charge in [0, 0.05) is 42.9 Å². The Bertz CT molecular complexity index is 1020. The Morgan fingerprint density at radius 3 is 2.35 bits per heavy atom. The van der Waals surface area contributed by atoms with Crippen molar-refractivity contribution in [3.63, 3.8) is 0 Å². The molecular formula is C24H26N2O5. The molecule has 0 saturated carbocycles. The van der Waals surface area contributed by atoms with E-state index in [4.69, 9.17) is 14.2 Å². The van der Waals surface area contributed by atoms with Gasteiger partial charge in [-0.2, -0.15) is 0 Å². The van der Waals surface area contributed by atoms with Crippen LogP contribution >= 0.6 is 0 Å². The van der Waals surface area contributed by atoms with Gasteiger partial charge >= 0.3 is 0 Å². The number of carbonyl (C=O) groups is 2. The van der Waals surface area contributed by atoms with Gasteiger partial charge < -0.3 is 19.5 Å². The molecule has 2 aromatic rings. The van der Waals surface area contributed by atoms with Gasteiger partial charge in [0.25, 0.3) is 0 Å². The highest BCUT2D eigenvalue weighted by Gasteiger charge is 2.33. The molecule has 0 bridgehead atoms. The van der Waals surface area contributed by atoms with Crippen LogP contribution in [0.1, 0.15) is 21.5 Å². The van der Waals surface area contributed by atoms with Crippen LogP contribution in [0.4, 0.5) is 0 Å². The lowest BCUT2D eigenvalue weighted by molar-refractivity contribution is -0.112. The van der Waals surface area contributed by atoms with Crippen molar-refractivity contribution >= 4 is 17.3 Å². The number of benzene rings is 2. The second kappa shape index (κ2) is 9.32. The number of nitrogens with one attached hydrogen (secondary N) is 1. The van der Waals surface area contributed by atoms with Crippen molar-refractivity contribution in [3.05, 3.63) is 64.7 Å². The Morgan fingerprint density at radius 1 is 0.935 bits per heavy atom. The van der Waals surface area contributed by atoms with Gasteiger partial charge in [0.1, 0.15) is 0 Å². The van der Waals surface area contributed by atoms with Crippen LogP contribution in [-0.4, -0.2) is 63.5 Å². The van der Waals surface area contributed by atoms with Crippen LogP contribution in [-0.2, 0) is 16.1 Å². The average molecular weight is 422 g/mol. The Morgan fingerprint density at radius 2 is 1.65 bits per heavy atom. The number of hydrogen-bond donors (Lipinski definition) is 1. The second-order valence-electron chi connectivity index (χ2n) is 7.49. The molecule has 0 unspecified atom stereocenters.